The highest BCUT2D eigenvalue weighted by atomic mass is 32.2. The van der Waals surface area contributed by atoms with Gasteiger partial charge < -0.3 is 4.40 Å². The van der Waals surface area contributed by atoms with Gasteiger partial charge in [0, 0.05) is 6.20 Å². The molecule has 0 unspecified atom stereocenters. The molecule has 0 N–H and O–H groups in total. The Morgan fingerprint density at radius 3 is 2.12 bits per heavy atom. The molecule has 0 atom stereocenters. The van der Waals surface area contributed by atoms with Crippen LogP contribution >= 0.6 is 0 Å². The van der Waals surface area contributed by atoms with Crippen LogP contribution in [0.4, 0.5) is 10.2 Å². The number of hydrogen-bond acceptors (Lipinski definition) is 2. The molecule has 0 amide bonds. The second kappa shape index (κ2) is 9.30. The van der Waals surface area contributed by atoms with E-state index in [1.54, 1.807) is 16.8 Å². The molecule has 2 aromatic heterocycles. The summed E-state index contributed by atoms with van der Waals surface area (Å²) in [6, 6.07) is 3.30. The number of halogens is 1. The SMILES string of the molecule is CCCC[SH](CCCC)(CCCC)=Nc1ncn2cc(F)ccc12. The van der Waals surface area contributed by atoms with Gasteiger partial charge in [-0.25, -0.2) is 13.7 Å². The topological polar surface area (TPSA) is 29.7 Å². The number of pyridine rings is 1. The number of thiol groups is 1. The molecule has 0 bridgehead atoms. The number of hydrogen-bond donors (Lipinski definition) is 1. The summed E-state index contributed by atoms with van der Waals surface area (Å²) in [6.45, 7) is 6.76. The molecule has 0 aromatic carbocycles. The summed E-state index contributed by atoms with van der Waals surface area (Å²) in [4.78, 5) is 4.50. The first-order valence-electron chi connectivity index (χ1n) is 9.35. The molecule has 0 aliphatic rings. The lowest BCUT2D eigenvalue weighted by Gasteiger charge is -2.29. The third kappa shape index (κ3) is 4.88. The summed E-state index contributed by atoms with van der Waals surface area (Å²) >= 11 is 0. The van der Waals surface area contributed by atoms with Gasteiger partial charge in [0.15, 0.2) is 5.82 Å². The fourth-order valence-corrected chi connectivity index (χ4v) is 7.32. The Hall–Kier alpha value is -1.23. The summed E-state index contributed by atoms with van der Waals surface area (Å²) in [5.74, 6) is 4.25. The van der Waals surface area contributed by atoms with Crippen LogP contribution in [0, 0.1) is 5.82 Å². The number of fused-ring (bicyclic) bond motifs is 1. The van der Waals surface area contributed by atoms with E-state index in [1.807, 2.05) is 0 Å². The van der Waals surface area contributed by atoms with E-state index in [4.69, 9.17) is 4.36 Å². The Morgan fingerprint density at radius 1 is 1.00 bits per heavy atom. The molecule has 2 aromatic rings. The van der Waals surface area contributed by atoms with Crippen LogP contribution in [0.25, 0.3) is 5.52 Å². The normalized spacial score (nSPS) is 12.7. The number of unbranched alkanes of at least 4 members (excludes halogenated alkanes) is 3. The molecular weight excluding hydrogens is 321 g/mol. The molecule has 2 heterocycles. The highest BCUT2D eigenvalue weighted by Gasteiger charge is 2.15. The van der Waals surface area contributed by atoms with Gasteiger partial charge in [-0.05, 0) is 48.7 Å². The third-order valence-corrected chi connectivity index (χ3v) is 8.62. The van der Waals surface area contributed by atoms with Gasteiger partial charge in [-0.2, -0.15) is 9.82 Å². The Labute approximate surface area is 146 Å². The Balaban J connectivity index is 2.45. The van der Waals surface area contributed by atoms with Gasteiger partial charge in [0.2, 0.25) is 0 Å². The average Bonchev–Trinajstić information content (AvgIpc) is 2.97. The summed E-state index contributed by atoms with van der Waals surface area (Å²) in [5.41, 5.74) is 0.922. The highest BCUT2D eigenvalue weighted by molar-refractivity contribution is 8.05. The molecule has 2 rings (SSSR count). The number of nitrogens with zero attached hydrogens (tertiary/aromatic N) is 3. The van der Waals surface area contributed by atoms with E-state index in [1.165, 1.54) is 68.0 Å². The first-order chi connectivity index (χ1) is 11.6. The molecule has 0 saturated heterocycles. The second-order valence-corrected chi connectivity index (χ2v) is 10.4. The number of rotatable bonds is 10. The van der Waals surface area contributed by atoms with Crippen molar-refractivity contribution >= 4 is 21.2 Å². The van der Waals surface area contributed by atoms with Gasteiger partial charge in [0.1, 0.15) is 12.1 Å². The van der Waals surface area contributed by atoms with E-state index in [-0.39, 0.29) is 5.82 Å². The van der Waals surface area contributed by atoms with Gasteiger partial charge in [-0.1, -0.05) is 40.0 Å². The zero-order valence-electron chi connectivity index (χ0n) is 15.3. The lowest BCUT2D eigenvalue weighted by molar-refractivity contribution is 0.619. The van der Waals surface area contributed by atoms with Crippen LogP contribution in [0.1, 0.15) is 59.3 Å². The molecule has 0 fully saturated rings. The predicted octanol–water partition coefficient (Wildman–Crippen LogP) is 5.58. The first-order valence-corrected chi connectivity index (χ1v) is 11.7. The summed E-state index contributed by atoms with van der Waals surface area (Å²) in [7, 11) is -1.40. The van der Waals surface area contributed by atoms with Gasteiger partial charge >= 0.3 is 0 Å². The van der Waals surface area contributed by atoms with Crippen molar-refractivity contribution in [2.24, 2.45) is 4.36 Å². The average molecular weight is 354 g/mol. The Morgan fingerprint density at radius 2 is 1.58 bits per heavy atom. The molecule has 24 heavy (non-hydrogen) atoms. The Bertz CT molecular complexity index is 664. The molecule has 136 valence electrons. The number of aromatic nitrogens is 2. The molecule has 0 aliphatic carbocycles. The van der Waals surface area contributed by atoms with Gasteiger partial charge in [-0.3, -0.25) is 0 Å². The zero-order valence-corrected chi connectivity index (χ0v) is 16.2. The maximum Gasteiger partial charge on any atom is 0.182 e. The lowest BCUT2D eigenvalue weighted by Crippen LogP contribution is -2.25. The van der Waals surface area contributed by atoms with Crippen LogP contribution in [0.5, 0.6) is 0 Å². The second-order valence-electron chi connectivity index (χ2n) is 6.63. The smallest absolute Gasteiger partial charge is 0.182 e. The Kier molecular flexibility index (Phi) is 7.40. The van der Waals surface area contributed by atoms with E-state index in [2.05, 4.69) is 25.8 Å². The van der Waals surface area contributed by atoms with Crippen LogP contribution < -0.4 is 0 Å². The summed E-state index contributed by atoms with van der Waals surface area (Å²) in [5, 5.41) is 0. The van der Waals surface area contributed by atoms with E-state index >= 15 is 0 Å². The van der Waals surface area contributed by atoms with Crippen molar-refractivity contribution in [1.29, 1.82) is 0 Å². The van der Waals surface area contributed by atoms with E-state index < -0.39 is 9.82 Å². The van der Waals surface area contributed by atoms with Gasteiger partial charge in [-0.15, -0.1) is 0 Å². The third-order valence-electron chi connectivity index (χ3n) is 4.57. The molecule has 0 aliphatic heterocycles. The van der Waals surface area contributed by atoms with Crippen molar-refractivity contribution < 1.29 is 4.39 Å². The summed E-state index contributed by atoms with van der Waals surface area (Å²) in [6.07, 6.45) is 10.5. The fraction of sp³-hybridized carbons (Fsp3) is 0.632. The van der Waals surface area contributed by atoms with Crippen LogP contribution in [-0.2, 0) is 9.82 Å². The van der Waals surface area contributed by atoms with Crippen LogP contribution in [0.15, 0.2) is 29.0 Å². The molecule has 3 nitrogen and oxygen atoms in total. The molecule has 5 heteroatoms. The zero-order chi connectivity index (χ0) is 17.4. The van der Waals surface area contributed by atoms with Gasteiger partial charge in [0.25, 0.3) is 0 Å². The van der Waals surface area contributed by atoms with Crippen LogP contribution in [-0.4, -0.2) is 26.6 Å². The maximum absolute atomic E-state index is 13.4. The highest BCUT2D eigenvalue weighted by Crippen LogP contribution is 2.27. The number of imidazole rings is 1. The van der Waals surface area contributed by atoms with Crippen molar-refractivity contribution in [3.8, 4) is 0 Å². The van der Waals surface area contributed by atoms with Crippen molar-refractivity contribution in [2.45, 2.75) is 59.3 Å². The van der Waals surface area contributed by atoms with Crippen molar-refractivity contribution in [3.05, 3.63) is 30.5 Å². The summed E-state index contributed by atoms with van der Waals surface area (Å²) < 4.78 is 20.4. The standard InChI is InChI=1S/C19H32FN3S/c1-4-7-12-24(13-8-5-2,14-9-6-3)22-19-18-11-10-17(20)15-23(18)16-21-19/h10-11,15-16,24H,4-9,12-14H2,1-3H3. The van der Waals surface area contributed by atoms with Crippen molar-refractivity contribution in [3.63, 3.8) is 0 Å². The van der Waals surface area contributed by atoms with E-state index in [0.29, 0.717) is 0 Å². The van der Waals surface area contributed by atoms with Crippen LogP contribution in [0.2, 0.25) is 0 Å². The first kappa shape index (κ1) is 19.1. The molecular formula is C19H32FN3S. The van der Waals surface area contributed by atoms with E-state index in [9.17, 15) is 4.39 Å². The predicted molar refractivity (Wildman–Crippen MR) is 105 cm³/mol. The van der Waals surface area contributed by atoms with E-state index in [0.717, 1.165) is 11.3 Å². The quantitative estimate of drug-likeness (QED) is 0.556. The van der Waals surface area contributed by atoms with Crippen molar-refractivity contribution in [1.82, 2.24) is 9.38 Å². The molecule has 0 saturated carbocycles. The van der Waals surface area contributed by atoms with Gasteiger partial charge in [0.05, 0.1) is 5.52 Å². The molecule has 0 radical (unpaired) electrons. The largest absolute Gasteiger partial charge is 0.301 e. The maximum atomic E-state index is 13.4. The minimum absolute atomic E-state index is 0.240. The minimum atomic E-state index is -1.40. The fourth-order valence-electron chi connectivity index (χ4n) is 3.08. The lowest BCUT2D eigenvalue weighted by atomic mass is 10.4. The van der Waals surface area contributed by atoms with Crippen molar-refractivity contribution in [2.75, 3.05) is 17.3 Å². The monoisotopic (exact) mass is 353 g/mol. The van der Waals surface area contributed by atoms with Crippen LogP contribution in [0.3, 0.4) is 0 Å². The molecule has 0 spiro atoms. The minimum Gasteiger partial charge on any atom is -0.301 e.